The van der Waals surface area contributed by atoms with Crippen LogP contribution in [0.25, 0.3) is 0 Å². The van der Waals surface area contributed by atoms with E-state index in [1.54, 1.807) is 6.07 Å². The molecule has 2 aromatic rings. The van der Waals surface area contributed by atoms with Gasteiger partial charge in [0.25, 0.3) is 0 Å². The van der Waals surface area contributed by atoms with E-state index >= 15 is 0 Å². The van der Waals surface area contributed by atoms with Gasteiger partial charge in [-0.25, -0.2) is 9.97 Å². The van der Waals surface area contributed by atoms with Gasteiger partial charge in [0.15, 0.2) is 0 Å². The van der Waals surface area contributed by atoms with Crippen molar-refractivity contribution in [2.45, 2.75) is 12.8 Å². The lowest BCUT2D eigenvalue weighted by molar-refractivity contribution is -0.274. The van der Waals surface area contributed by atoms with Crippen LogP contribution >= 0.6 is 0 Å². The van der Waals surface area contributed by atoms with Crippen LogP contribution in [0.2, 0.25) is 0 Å². The molecule has 0 radical (unpaired) electrons. The van der Waals surface area contributed by atoms with Gasteiger partial charge >= 0.3 is 6.36 Å². The number of benzene rings is 1. The first-order chi connectivity index (χ1) is 8.92. The Bertz CT molecular complexity index is 555. The van der Waals surface area contributed by atoms with Gasteiger partial charge in [0.2, 0.25) is 5.95 Å². The first kappa shape index (κ1) is 13.1. The number of anilines is 1. The molecule has 0 saturated heterocycles. The maximum Gasteiger partial charge on any atom is 0.573 e. The molecule has 7 heteroatoms. The third-order valence-electron chi connectivity index (χ3n) is 2.27. The summed E-state index contributed by atoms with van der Waals surface area (Å²) in [5.74, 6) is -0.0979. The number of ether oxygens (including phenoxy) is 1. The fourth-order valence-corrected chi connectivity index (χ4v) is 1.54. The molecular weight excluding hydrogens is 259 g/mol. The number of hydrogen-bond acceptors (Lipinski definition) is 4. The van der Waals surface area contributed by atoms with Crippen LogP contribution in [0.15, 0.2) is 36.7 Å². The van der Waals surface area contributed by atoms with Crippen LogP contribution in [0.4, 0.5) is 19.1 Å². The summed E-state index contributed by atoms with van der Waals surface area (Å²) in [7, 11) is 0. The van der Waals surface area contributed by atoms with Gasteiger partial charge in [0.05, 0.1) is 0 Å². The molecule has 1 heterocycles. The molecule has 0 atom stereocenters. The molecule has 4 nitrogen and oxygen atoms in total. The molecule has 0 aliphatic rings. The van der Waals surface area contributed by atoms with E-state index in [0.29, 0.717) is 12.0 Å². The summed E-state index contributed by atoms with van der Waals surface area (Å²) in [6.07, 6.45) is -1.24. The molecule has 0 saturated carbocycles. The highest BCUT2D eigenvalue weighted by atomic mass is 19.4. The molecule has 1 aromatic carbocycles. The van der Waals surface area contributed by atoms with Gasteiger partial charge in [-0.1, -0.05) is 12.1 Å². The van der Waals surface area contributed by atoms with Gasteiger partial charge in [-0.15, -0.1) is 13.2 Å². The number of rotatable bonds is 3. The molecular formula is C12H10F3N3O. The number of aromatic nitrogens is 2. The fraction of sp³-hybridized carbons (Fsp3) is 0.167. The third kappa shape index (κ3) is 4.13. The van der Waals surface area contributed by atoms with Crippen LogP contribution in [0.1, 0.15) is 11.1 Å². The Morgan fingerprint density at radius 2 is 1.79 bits per heavy atom. The zero-order chi connectivity index (χ0) is 13.9. The van der Waals surface area contributed by atoms with E-state index in [0.717, 1.165) is 5.56 Å². The Balaban J connectivity index is 2.13. The third-order valence-corrected chi connectivity index (χ3v) is 2.27. The van der Waals surface area contributed by atoms with Gasteiger partial charge in [0, 0.05) is 18.8 Å². The second-order valence-electron chi connectivity index (χ2n) is 3.82. The molecule has 0 aliphatic heterocycles. The predicted octanol–water partition coefficient (Wildman–Crippen LogP) is 2.55. The standard InChI is InChI=1S/C12H10F3N3O/c13-12(14,15)19-10-3-1-2-8(5-10)4-9-6-17-11(16)18-7-9/h1-3,5-7H,4H2,(H2,16,17,18). The Morgan fingerprint density at radius 3 is 2.42 bits per heavy atom. The molecule has 2 rings (SSSR count). The Morgan fingerprint density at radius 1 is 1.11 bits per heavy atom. The van der Waals surface area contributed by atoms with Gasteiger partial charge in [-0.2, -0.15) is 0 Å². The van der Waals surface area contributed by atoms with E-state index in [1.165, 1.54) is 30.6 Å². The highest BCUT2D eigenvalue weighted by molar-refractivity contribution is 5.32. The van der Waals surface area contributed by atoms with Gasteiger partial charge < -0.3 is 10.5 Å². The molecule has 0 amide bonds. The van der Waals surface area contributed by atoms with Crippen molar-refractivity contribution in [1.29, 1.82) is 0 Å². The lowest BCUT2D eigenvalue weighted by atomic mass is 10.1. The van der Waals surface area contributed by atoms with Crippen LogP contribution in [0, 0.1) is 0 Å². The van der Waals surface area contributed by atoms with E-state index in [1.807, 2.05) is 0 Å². The number of nitrogen functional groups attached to an aromatic ring is 1. The van der Waals surface area contributed by atoms with Crippen molar-refractivity contribution in [2.75, 3.05) is 5.73 Å². The summed E-state index contributed by atoms with van der Waals surface area (Å²) >= 11 is 0. The topological polar surface area (TPSA) is 61.0 Å². The molecule has 100 valence electrons. The molecule has 0 unspecified atom stereocenters. The van der Waals surface area contributed by atoms with Crippen molar-refractivity contribution in [3.05, 3.63) is 47.8 Å². The van der Waals surface area contributed by atoms with Crippen molar-refractivity contribution < 1.29 is 17.9 Å². The average molecular weight is 269 g/mol. The minimum atomic E-state index is -4.69. The number of halogens is 3. The van der Waals surface area contributed by atoms with Crippen LogP contribution < -0.4 is 10.5 Å². The molecule has 0 fully saturated rings. The summed E-state index contributed by atoms with van der Waals surface area (Å²) in [5, 5.41) is 0. The first-order valence-corrected chi connectivity index (χ1v) is 5.33. The SMILES string of the molecule is Nc1ncc(Cc2cccc(OC(F)(F)F)c2)cn1. The summed E-state index contributed by atoms with van der Waals surface area (Å²) in [6.45, 7) is 0. The summed E-state index contributed by atoms with van der Waals surface area (Å²) in [4.78, 5) is 7.63. The van der Waals surface area contributed by atoms with Crippen molar-refractivity contribution >= 4 is 5.95 Å². The van der Waals surface area contributed by atoms with E-state index in [9.17, 15) is 13.2 Å². The molecule has 19 heavy (non-hydrogen) atoms. The van der Waals surface area contributed by atoms with Gasteiger partial charge in [0.1, 0.15) is 5.75 Å². The van der Waals surface area contributed by atoms with Crippen LogP contribution in [0.3, 0.4) is 0 Å². The number of alkyl halides is 3. The largest absolute Gasteiger partial charge is 0.573 e. The number of nitrogens with two attached hydrogens (primary N) is 1. The summed E-state index contributed by atoms with van der Waals surface area (Å²) in [6, 6.07) is 5.76. The van der Waals surface area contributed by atoms with Crippen LogP contribution in [-0.2, 0) is 6.42 Å². The summed E-state index contributed by atoms with van der Waals surface area (Å²) < 4.78 is 40.1. The zero-order valence-corrected chi connectivity index (χ0v) is 9.69. The maximum atomic E-state index is 12.1. The van der Waals surface area contributed by atoms with Crippen molar-refractivity contribution in [1.82, 2.24) is 9.97 Å². The van der Waals surface area contributed by atoms with E-state index in [-0.39, 0.29) is 11.7 Å². The fourth-order valence-electron chi connectivity index (χ4n) is 1.54. The monoisotopic (exact) mass is 269 g/mol. The molecule has 0 bridgehead atoms. The molecule has 1 aromatic heterocycles. The van der Waals surface area contributed by atoms with Crippen molar-refractivity contribution in [2.24, 2.45) is 0 Å². The zero-order valence-electron chi connectivity index (χ0n) is 9.69. The Labute approximate surface area is 107 Å². The summed E-state index contributed by atoms with van der Waals surface area (Å²) in [5.41, 5.74) is 6.76. The van der Waals surface area contributed by atoms with Crippen molar-refractivity contribution in [3.8, 4) is 5.75 Å². The Hall–Kier alpha value is -2.31. The highest BCUT2D eigenvalue weighted by Crippen LogP contribution is 2.24. The van der Waals surface area contributed by atoms with E-state index < -0.39 is 6.36 Å². The highest BCUT2D eigenvalue weighted by Gasteiger charge is 2.31. The van der Waals surface area contributed by atoms with Crippen molar-refractivity contribution in [3.63, 3.8) is 0 Å². The minimum Gasteiger partial charge on any atom is -0.406 e. The van der Waals surface area contributed by atoms with Crippen LogP contribution in [0.5, 0.6) is 5.75 Å². The number of hydrogen-bond donors (Lipinski definition) is 1. The van der Waals surface area contributed by atoms with E-state index in [2.05, 4.69) is 14.7 Å². The predicted molar refractivity (Wildman–Crippen MR) is 62.4 cm³/mol. The van der Waals surface area contributed by atoms with Crippen LogP contribution in [-0.4, -0.2) is 16.3 Å². The quantitative estimate of drug-likeness (QED) is 0.930. The lowest BCUT2D eigenvalue weighted by Crippen LogP contribution is -2.17. The minimum absolute atomic E-state index is 0.151. The first-order valence-electron chi connectivity index (χ1n) is 5.33. The second-order valence-corrected chi connectivity index (χ2v) is 3.82. The van der Waals surface area contributed by atoms with E-state index in [4.69, 9.17) is 5.73 Å². The lowest BCUT2D eigenvalue weighted by Gasteiger charge is -2.10. The maximum absolute atomic E-state index is 12.1. The molecule has 0 aliphatic carbocycles. The Kier molecular flexibility index (Phi) is 3.55. The molecule has 2 N–H and O–H groups in total. The average Bonchev–Trinajstić information content (AvgIpc) is 2.30. The van der Waals surface area contributed by atoms with Gasteiger partial charge in [-0.05, 0) is 23.3 Å². The normalized spacial score (nSPS) is 11.3. The second kappa shape index (κ2) is 5.13. The smallest absolute Gasteiger partial charge is 0.406 e. The molecule has 0 spiro atoms. The van der Waals surface area contributed by atoms with Gasteiger partial charge in [-0.3, -0.25) is 0 Å². The number of nitrogens with zero attached hydrogens (tertiary/aromatic N) is 2.